The van der Waals surface area contributed by atoms with Gasteiger partial charge in [-0.1, -0.05) is 40.6 Å². The summed E-state index contributed by atoms with van der Waals surface area (Å²) in [4.78, 5) is 26.6. The fourth-order valence-electron chi connectivity index (χ4n) is 2.98. The molecule has 1 fully saturated rings. The van der Waals surface area contributed by atoms with Gasteiger partial charge in [0, 0.05) is 10.0 Å². The Kier molecular flexibility index (Phi) is 3.94. The first-order valence-electron chi connectivity index (χ1n) is 7.60. The normalized spacial score (nSPS) is 22.0. The van der Waals surface area contributed by atoms with Gasteiger partial charge in [0.05, 0.1) is 12.2 Å². The first-order chi connectivity index (χ1) is 12.0. The Morgan fingerprint density at radius 2 is 1.48 bits per heavy atom. The van der Waals surface area contributed by atoms with Crippen molar-refractivity contribution < 1.29 is 9.59 Å². The van der Waals surface area contributed by atoms with E-state index in [0.717, 1.165) is 10.5 Å². The summed E-state index contributed by atoms with van der Waals surface area (Å²) in [7, 11) is 0. The van der Waals surface area contributed by atoms with E-state index in [9.17, 15) is 9.59 Å². The number of hydrogen-bond donors (Lipinski definition) is 0. The number of amides is 2. The number of fused-ring (bicyclic) bond motifs is 1. The number of hydrogen-bond acceptors (Lipinski definition) is 5. The molecule has 2 atom stereocenters. The van der Waals surface area contributed by atoms with Crippen molar-refractivity contribution in [3.63, 3.8) is 0 Å². The average molecular weight is 375 g/mol. The number of imide groups is 1. The molecule has 1 saturated heterocycles. The molecular weight excluding hydrogens is 363 g/mol. The van der Waals surface area contributed by atoms with Gasteiger partial charge in [0.1, 0.15) is 0 Å². The summed E-state index contributed by atoms with van der Waals surface area (Å²) in [5, 5.41) is 10.7. The third kappa shape index (κ3) is 2.77. The van der Waals surface area contributed by atoms with Crippen LogP contribution in [0.4, 0.5) is 5.69 Å². The maximum atomic E-state index is 12.8. The summed E-state index contributed by atoms with van der Waals surface area (Å²) in [6.45, 7) is 0.370. The predicted octanol–water partition coefficient (Wildman–Crippen LogP) is 3.49. The third-order valence-electron chi connectivity index (χ3n) is 4.20. The molecular formula is C17H12Cl2N4O2. The first kappa shape index (κ1) is 16.1. The molecule has 0 radical (unpaired) electrons. The summed E-state index contributed by atoms with van der Waals surface area (Å²) >= 11 is 11.8. The van der Waals surface area contributed by atoms with E-state index in [-0.39, 0.29) is 11.8 Å². The number of benzene rings is 2. The minimum absolute atomic E-state index is 0.337. The molecule has 25 heavy (non-hydrogen) atoms. The van der Waals surface area contributed by atoms with Crippen molar-refractivity contribution >= 4 is 40.7 Å². The van der Waals surface area contributed by atoms with E-state index >= 15 is 0 Å². The maximum absolute atomic E-state index is 12.8. The number of anilines is 1. The standard InChI is InChI=1S/C17H12Cl2N4O2/c18-11-3-1-10(2-4-11)9-22-15-14(20-21-22)16(24)23(17(15)25)13-7-5-12(19)6-8-13/h1-8,14-15H,9H2/t14-,15-/m0/s1. The Hall–Kier alpha value is -2.44. The summed E-state index contributed by atoms with van der Waals surface area (Å²) in [5.74, 6) is -0.712. The molecule has 2 aliphatic heterocycles. The van der Waals surface area contributed by atoms with Gasteiger partial charge in [-0.25, -0.2) is 4.90 Å². The first-order valence-corrected chi connectivity index (χ1v) is 8.35. The maximum Gasteiger partial charge on any atom is 0.263 e. The van der Waals surface area contributed by atoms with E-state index in [0.29, 0.717) is 22.3 Å². The Morgan fingerprint density at radius 3 is 2.12 bits per heavy atom. The smallest absolute Gasteiger partial charge is 0.263 e. The molecule has 0 unspecified atom stereocenters. The molecule has 0 bridgehead atoms. The minimum Gasteiger partial charge on any atom is -0.271 e. The lowest BCUT2D eigenvalue weighted by Crippen LogP contribution is -2.39. The minimum atomic E-state index is -0.810. The van der Waals surface area contributed by atoms with Crippen LogP contribution in [0.1, 0.15) is 5.56 Å². The topological polar surface area (TPSA) is 65.3 Å². The zero-order valence-corrected chi connectivity index (χ0v) is 14.4. The second-order valence-electron chi connectivity index (χ2n) is 5.81. The van der Waals surface area contributed by atoms with Crippen LogP contribution < -0.4 is 4.90 Å². The van der Waals surface area contributed by atoms with E-state index in [1.807, 2.05) is 12.1 Å². The number of carbonyl (C=O) groups excluding carboxylic acids is 2. The van der Waals surface area contributed by atoms with Crippen LogP contribution in [0, 0.1) is 0 Å². The summed E-state index contributed by atoms with van der Waals surface area (Å²) in [6.07, 6.45) is 0. The van der Waals surface area contributed by atoms with Crippen molar-refractivity contribution in [1.82, 2.24) is 5.01 Å². The van der Waals surface area contributed by atoms with Crippen LogP contribution in [0.2, 0.25) is 10.0 Å². The molecule has 0 N–H and O–H groups in total. The summed E-state index contributed by atoms with van der Waals surface area (Å²) < 4.78 is 0. The van der Waals surface area contributed by atoms with E-state index in [1.165, 1.54) is 0 Å². The van der Waals surface area contributed by atoms with Crippen molar-refractivity contribution in [2.24, 2.45) is 10.3 Å². The molecule has 0 spiro atoms. The van der Waals surface area contributed by atoms with E-state index < -0.39 is 12.1 Å². The molecule has 2 aliphatic rings. The lowest BCUT2D eigenvalue weighted by molar-refractivity contribution is -0.123. The molecule has 6 nitrogen and oxygen atoms in total. The quantitative estimate of drug-likeness (QED) is 0.772. The zero-order valence-electron chi connectivity index (χ0n) is 12.8. The Morgan fingerprint density at radius 1 is 0.880 bits per heavy atom. The van der Waals surface area contributed by atoms with Crippen molar-refractivity contribution in [1.29, 1.82) is 0 Å². The van der Waals surface area contributed by atoms with Crippen molar-refractivity contribution in [2.75, 3.05) is 4.90 Å². The molecule has 2 amide bonds. The Labute approximate surface area is 153 Å². The second-order valence-corrected chi connectivity index (χ2v) is 6.68. The highest BCUT2D eigenvalue weighted by Crippen LogP contribution is 2.33. The highest BCUT2D eigenvalue weighted by atomic mass is 35.5. The number of rotatable bonds is 3. The predicted molar refractivity (Wildman–Crippen MR) is 93.4 cm³/mol. The average Bonchev–Trinajstić information content (AvgIpc) is 3.12. The number of halogens is 2. The van der Waals surface area contributed by atoms with Gasteiger partial charge in [-0.3, -0.25) is 14.6 Å². The molecule has 0 aliphatic carbocycles. The van der Waals surface area contributed by atoms with Gasteiger partial charge >= 0.3 is 0 Å². The fraction of sp³-hybridized carbons (Fsp3) is 0.176. The van der Waals surface area contributed by atoms with Gasteiger partial charge in [0.15, 0.2) is 12.1 Å². The molecule has 4 rings (SSSR count). The highest BCUT2D eigenvalue weighted by Gasteiger charge is 2.54. The van der Waals surface area contributed by atoms with Gasteiger partial charge in [0.2, 0.25) is 0 Å². The fourth-order valence-corrected chi connectivity index (χ4v) is 3.23. The van der Waals surface area contributed by atoms with Crippen LogP contribution in [0.15, 0.2) is 58.9 Å². The molecule has 8 heteroatoms. The number of nitrogens with zero attached hydrogens (tertiary/aromatic N) is 4. The van der Waals surface area contributed by atoms with Crippen LogP contribution in [0.25, 0.3) is 0 Å². The van der Waals surface area contributed by atoms with Crippen molar-refractivity contribution in [3.05, 3.63) is 64.1 Å². The number of carbonyl (C=O) groups is 2. The van der Waals surface area contributed by atoms with Gasteiger partial charge in [-0.05, 0) is 42.0 Å². The highest BCUT2D eigenvalue weighted by molar-refractivity contribution is 6.31. The third-order valence-corrected chi connectivity index (χ3v) is 4.70. The molecule has 0 aromatic heterocycles. The van der Waals surface area contributed by atoms with Crippen molar-refractivity contribution in [2.45, 2.75) is 18.6 Å². The SMILES string of the molecule is O=C1[C@H]2N=NN(Cc3ccc(Cl)cc3)[C@@H]2C(=O)N1c1ccc(Cl)cc1. The van der Waals surface area contributed by atoms with Crippen LogP contribution in [0.3, 0.4) is 0 Å². The van der Waals surface area contributed by atoms with Crippen LogP contribution >= 0.6 is 23.2 Å². The van der Waals surface area contributed by atoms with Gasteiger partial charge in [-0.2, -0.15) is 5.11 Å². The summed E-state index contributed by atoms with van der Waals surface area (Å²) in [5.41, 5.74) is 1.41. The van der Waals surface area contributed by atoms with Gasteiger partial charge in [-0.15, -0.1) is 0 Å². The van der Waals surface area contributed by atoms with Gasteiger partial charge in [0.25, 0.3) is 11.8 Å². The summed E-state index contributed by atoms with van der Waals surface area (Å²) in [6, 6.07) is 12.3. The lowest BCUT2D eigenvalue weighted by atomic mass is 10.1. The molecule has 2 aromatic carbocycles. The van der Waals surface area contributed by atoms with E-state index in [4.69, 9.17) is 23.2 Å². The molecule has 2 aromatic rings. The molecule has 126 valence electrons. The largest absolute Gasteiger partial charge is 0.271 e. The Bertz CT molecular complexity index is 867. The van der Waals surface area contributed by atoms with Gasteiger partial charge < -0.3 is 0 Å². The second kappa shape index (κ2) is 6.13. The molecule has 2 heterocycles. The monoisotopic (exact) mass is 374 g/mol. The van der Waals surface area contributed by atoms with Crippen LogP contribution in [-0.4, -0.2) is 28.9 Å². The van der Waals surface area contributed by atoms with E-state index in [1.54, 1.807) is 41.4 Å². The lowest BCUT2D eigenvalue weighted by Gasteiger charge is -2.20. The zero-order chi connectivity index (χ0) is 17.6. The van der Waals surface area contributed by atoms with E-state index in [2.05, 4.69) is 10.3 Å². The molecule has 0 saturated carbocycles. The Balaban J connectivity index is 1.59. The van der Waals surface area contributed by atoms with Crippen molar-refractivity contribution in [3.8, 4) is 0 Å². The van der Waals surface area contributed by atoms with Crippen LogP contribution in [0.5, 0.6) is 0 Å². The van der Waals surface area contributed by atoms with Crippen LogP contribution in [-0.2, 0) is 16.1 Å².